The van der Waals surface area contributed by atoms with Crippen LogP contribution in [0.1, 0.15) is 26.2 Å². The summed E-state index contributed by atoms with van der Waals surface area (Å²) in [5.74, 6) is 0.783. The number of hydrogen-bond acceptors (Lipinski definition) is 4. The number of rotatable bonds is 4. The third-order valence-electron chi connectivity index (χ3n) is 3.47. The van der Waals surface area contributed by atoms with Crippen molar-refractivity contribution in [2.45, 2.75) is 37.1 Å². The van der Waals surface area contributed by atoms with Crippen molar-refractivity contribution < 1.29 is 8.42 Å². The van der Waals surface area contributed by atoms with Crippen LogP contribution in [0, 0.1) is 5.92 Å². The topological polar surface area (TPSA) is 71.1 Å². The van der Waals surface area contributed by atoms with E-state index < -0.39 is 10.0 Å². The van der Waals surface area contributed by atoms with Crippen LogP contribution in [0.4, 0.5) is 5.82 Å². The molecule has 1 aliphatic rings. The summed E-state index contributed by atoms with van der Waals surface area (Å²) in [6, 6.07) is 3.24. The highest BCUT2D eigenvalue weighted by Crippen LogP contribution is 2.27. The summed E-state index contributed by atoms with van der Waals surface area (Å²) < 4.78 is 27.4. The van der Waals surface area contributed by atoms with E-state index in [-0.39, 0.29) is 10.9 Å². The van der Waals surface area contributed by atoms with Gasteiger partial charge in [-0.15, -0.1) is 0 Å². The minimum absolute atomic E-state index is 0.0416. The second-order valence-corrected chi connectivity index (χ2v) is 6.42. The van der Waals surface area contributed by atoms with Crippen LogP contribution in [-0.2, 0) is 10.0 Å². The van der Waals surface area contributed by atoms with E-state index in [0.29, 0.717) is 11.7 Å². The molecule has 18 heavy (non-hydrogen) atoms. The van der Waals surface area contributed by atoms with Gasteiger partial charge in [-0.1, -0.05) is 13.3 Å². The van der Waals surface area contributed by atoms with Crippen molar-refractivity contribution in [1.29, 1.82) is 0 Å². The molecular weight excluding hydrogens is 250 g/mol. The Bertz CT molecular complexity index is 516. The van der Waals surface area contributed by atoms with Crippen LogP contribution in [-0.4, -0.2) is 26.5 Å². The molecule has 2 rings (SSSR count). The van der Waals surface area contributed by atoms with E-state index in [0.717, 1.165) is 19.3 Å². The lowest BCUT2D eigenvalue weighted by Gasteiger charge is -2.18. The van der Waals surface area contributed by atoms with Crippen LogP contribution in [0.5, 0.6) is 0 Å². The van der Waals surface area contributed by atoms with Crippen molar-refractivity contribution in [3.8, 4) is 0 Å². The van der Waals surface area contributed by atoms with Crippen molar-refractivity contribution in [3.05, 3.63) is 18.3 Å². The van der Waals surface area contributed by atoms with Crippen molar-refractivity contribution in [3.63, 3.8) is 0 Å². The minimum atomic E-state index is -3.49. The van der Waals surface area contributed by atoms with E-state index in [4.69, 9.17) is 0 Å². The van der Waals surface area contributed by atoms with Gasteiger partial charge >= 0.3 is 0 Å². The van der Waals surface area contributed by atoms with Crippen LogP contribution in [0.15, 0.2) is 23.2 Å². The van der Waals surface area contributed by atoms with Crippen LogP contribution < -0.4 is 10.0 Å². The van der Waals surface area contributed by atoms with Crippen LogP contribution in [0.3, 0.4) is 0 Å². The monoisotopic (exact) mass is 269 g/mol. The first-order valence-electron chi connectivity index (χ1n) is 6.19. The number of nitrogens with zero attached hydrogens (tertiary/aromatic N) is 1. The molecule has 1 aromatic rings. The Morgan fingerprint density at radius 3 is 2.78 bits per heavy atom. The van der Waals surface area contributed by atoms with Crippen LogP contribution in [0.25, 0.3) is 0 Å². The molecule has 1 aliphatic carbocycles. The molecule has 1 aromatic heterocycles. The molecule has 2 atom stereocenters. The van der Waals surface area contributed by atoms with Gasteiger partial charge in [-0.3, -0.25) is 0 Å². The summed E-state index contributed by atoms with van der Waals surface area (Å²) in [7, 11) is -1.83. The van der Waals surface area contributed by atoms with Gasteiger partial charge < -0.3 is 5.32 Å². The fourth-order valence-electron chi connectivity index (χ4n) is 2.38. The van der Waals surface area contributed by atoms with Gasteiger partial charge in [-0.2, -0.15) is 0 Å². The molecule has 0 spiro atoms. The molecule has 0 radical (unpaired) electrons. The molecule has 2 unspecified atom stereocenters. The number of aromatic nitrogens is 1. The van der Waals surface area contributed by atoms with E-state index in [1.54, 1.807) is 25.4 Å². The summed E-state index contributed by atoms with van der Waals surface area (Å²) in [4.78, 5) is 4.24. The Kier molecular flexibility index (Phi) is 3.87. The summed E-state index contributed by atoms with van der Waals surface area (Å²) in [6.45, 7) is 2.09. The SMILES string of the molecule is CNc1ncccc1S(=O)(=O)NC1CCCC1C. The third-order valence-corrected chi connectivity index (χ3v) is 4.99. The van der Waals surface area contributed by atoms with Gasteiger partial charge in [0.25, 0.3) is 0 Å². The largest absolute Gasteiger partial charge is 0.372 e. The number of pyridine rings is 1. The first kappa shape index (κ1) is 13.3. The standard InChI is InChI=1S/C12H19N3O2S/c1-9-5-3-6-10(9)15-18(16,17)11-7-4-8-14-12(11)13-2/h4,7-10,15H,3,5-6H2,1-2H3,(H,13,14). The molecule has 0 bridgehead atoms. The zero-order chi connectivity index (χ0) is 13.2. The third kappa shape index (κ3) is 2.64. The van der Waals surface area contributed by atoms with Gasteiger partial charge in [-0.05, 0) is 30.9 Å². The Morgan fingerprint density at radius 2 is 2.17 bits per heavy atom. The summed E-state index contributed by atoms with van der Waals surface area (Å²) in [5, 5.41) is 2.81. The molecule has 0 aliphatic heterocycles. The van der Waals surface area contributed by atoms with E-state index in [1.807, 2.05) is 0 Å². The van der Waals surface area contributed by atoms with Gasteiger partial charge in [0.1, 0.15) is 10.7 Å². The Balaban J connectivity index is 2.25. The molecule has 5 nitrogen and oxygen atoms in total. The molecule has 1 heterocycles. The quantitative estimate of drug-likeness (QED) is 0.870. The van der Waals surface area contributed by atoms with Crippen molar-refractivity contribution >= 4 is 15.8 Å². The van der Waals surface area contributed by atoms with Crippen LogP contribution in [0.2, 0.25) is 0 Å². The Labute approximate surface area is 108 Å². The highest BCUT2D eigenvalue weighted by atomic mass is 32.2. The fourth-order valence-corrected chi connectivity index (χ4v) is 3.92. The molecule has 0 amide bonds. The Hall–Kier alpha value is -1.14. The predicted molar refractivity (Wildman–Crippen MR) is 70.9 cm³/mol. The Morgan fingerprint density at radius 1 is 1.39 bits per heavy atom. The summed E-state index contributed by atoms with van der Waals surface area (Å²) in [5.41, 5.74) is 0. The maximum Gasteiger partial charge on any atom is 0.244 e. The van der Waals surface area contributed by atoms with Crippen molar-refractivity contribution in [2.75, 3.05) is 12.4 Å². The lowest BCUT2D eigenvalue weighted by molar-refractivity contribution is 0.476. The second kappa shape index (κ2) is 5.24. The molecular formula is C12H19N3O2S. The molecule has 2 N–H and O–H groups in total. The van der Waals surface area contributed by atoms with Crippen LogP contribution >= 0.6 is 0 Å². The smallest absolute Gasteiger partial charge is 0.244 e. The van der Waals surface area contributed by atoms with E-state index in [2.05, 4.69) is 21.9 Å². The van der Waals surface area contributed by atoms with E-state index in [1.165, 1.54) is 0 Å². The van der Waals surface area contributed by atoms with Gasteiger partial charge in [0, 0.05) is 19.3 Å². The first-order chi connectivity index (χ1) is 8.54. The zero-order valence-electron chi connectivity index (χ0n) is 10.7. The molecule has 0 saturated heterocycles. The highest BCUT2D eigenvalue weighted by molar-refractivity contribution is 7.89. The fraction of sp³-hybridized carbons (Fsp3) is 0.583. The number of sulfonamides is 1. The molecule has 100 valence electrons. The normalized spacial score (nSPS) is 24.1. The van der Waals surface area contributed by atoms with E-state index >= 15 is 0 Å². The molecule has 6 heteroatoms. The molecule has 1 saturated carbocycles. The minimum Gasteiger partial charge on any atom is -0.372 e. The van der Waals surface area contributed by atoms with Crippen molar-refractivity contribution in [2.24, 2.45) is 5.92 Å². The number of hydrogen-bond donors (Lipinski definition) is 2. The molecule has 1 fully saturated rings. The average molecular weight is 269 g/mol. The predicted octanol–water partition coefficient (Wildman–Crippen LogP) is 1.59. The number of anilines is 1. The average Bonchev–Trinajstić information content (AvgIpc) is 2.74. The highest BCUT2D eigenvalue weighted by Gasteiger charge is 2.29. The maximum absolute atomic E-state index is 12.3. The van der Waals surface area contributed by atoms with Gasteiger partial charge in [-0.25, -0.2) is 18.1 Å². The lowest BCUT2D eigenvalue weighted by Crippen LogP contribution is -2.36. The van der Waals surface area contributed by atoms with Gasteiger partial charge in [0.15, 0.2) is 0 Å². The summed E-state index contributed by atoms with van der Waals surface area (Å²) in [6.07, 6.45) is 4.65. The second-order valence-electron chi connectivity index (χ2n) is 4.74. The number of nitrogens with one attached hydrogen (secondary N) is 2. The first-order valence-corrected chi connectivity index (χ1v) is 7.68. The van der Waals surface area contributed by atoms with Gasteiger partial charge in [0.2, 0.25) is 10.0 Å². The maximum atomic E-state index is 12.3. The van der Waals surface area contributed by atoms with Crippen molar-refractivity contribution in [1.82, 2.24) is 9.71 Å². The van der Waals surface area contributed by atoms with E-state index in [9.17, 15) is 8.42 Å². The summed E-state index contributed by atoms with van der Waals surface area (Å²) >= 11 is 0. The zero-order valence-corrected chi connectivity index (χ0v) is 11.5. The lowest BCUT2D eigenvalue weighted by atomic mass is 10.1. The molecule has 0 aromatic carbocycles. The van der Waals surface area contributed by atoms with Gasteiger partial charge in [0.05, 0.1) is 0 Å².